The number of nitrogens with one attached hydrogen (secondary N) is 2. The van der Waals surface area contributed by atoms with Gasteiger partial charge in [-0.1, -0.05) is 5.16 Å². The number of oxime groups is 1. The zero-order valence-electron chi connectivity index (χ0n) is 9.52. The first-order valence-electron chi connectivity index (χ1n) is 5.36. The van der Waals surface area contributed by atoms with Crippen LogP contribution in [0, 0.1) is 17.2 Å². The molecule has 7 heteroatoms. The molecule has 0 radical (unpaired) electrons. The van der Waals surface area contributed by atoms with Crippen LogP contribution in [0.2, 0.25) is 0 Å². The van der Waals surface area contributed by atoms with Crippen LogP contribution < -0.4 is 10.6 Å². The van der Waals surface area contributed by atoms with Gasteiger partial charge in [0.25, 0.3) is 5.91 Å². The first-order valence-corrected chi connectivity index (χ1v) is 5.36. The topological polar surface area (TPSA) is 104 Å². The van der Waals surface area contributed by atoms with Gasteiger partial charge >= 0.3 is 6.03 Å². The van der Waals surface area contributed by atoms with Crippen molar-refractivity contribution in [1.82, 2.24) is 10.6 Å². The maximum absolute atomic E-state index is 11.3. The highest BCUT2D eigenvalue weighted by Crippen LogP contribution is 2.27. The molecule has 0 spiro atoms. The molecule has 0 atom stereocenters. The van der Waals surface area contributed by atoms with Crippen molar-refractivity contribution in [2.24, 2.45) is 11.1 Å². The van der Waals surface area contributed by atoms with Crippen molar-refractivity contribution in [3.63, 3.8) is 0 Å². The van der Waals surface area contributed by atoms with Gasteiger partial charge < -0.3 is 10.2 Å². The molecule has 0 heterocycles. The second-order valence-electron chi connectivity index (χ2n) is 3.58. The molecule has 0 unspecified atom stereocenters. The van der Waals surface area contributed by atoms with Crippen molar-refractivity contribution in [2.75, 3.05) is 13.2 Å². The summed E-state index contributed by atoms with van der Waals surface area (Å²) < 4.78 is 0. The summed E-state index contributed by atoms with van der Waals surface area (Å²) in [6, 6.07) is 0.928. The molecule has 0 aliphatic heterocycles. The lowest BCUT2D eigenvalue weighted by Crippen LogP contribution is -2.43. The SMILES string of the molecule is CCON=C(C#N)C(=O)NC(=O)NCC1CC1. The fourth-order valence-electron chi connectivity index (χ4n) is 1.01. The van der Waals surface area contributed by atoms with Crippen molar-refractivity contribution < 1.29 is 14.4 Å². The fourth-order valence-corrected chi connectivity index (χ4v) is 1.01. The zero-order valence-corrected chi connectivity index (χ0v) is 9.52. The normalized spacial score (nSPS) is 14.7. The molecule has 2 N–H and O–H groups in total. The minimum Gasteiger partial charge on any atom is -0.395 e. The molecule has 17 heavy (non-hydrogen) atoms. The average molecular weight is 238 g/mol. The highest BCUT2D eigenvalue weighted by Gasteiger charge is 2.22. The van der Waals surface area contributed by atoms with Crippen LogP contribution in [0.25, 0.3) is 0 Å². The Kier molecular flexibility index (Phi) is 4.94. The summed E-state index contributed by atoms with van der Waals surface area (Å²) in [6.07, 6.45) is 2.20. The van der Waals surface area contributed by atoms with E-state index < -0.39 is 17.6 Å². The van der Waals surface area contributed by atoms with Crippen molar-refractivity contribution in [3.05, 3.63) is 0 Å². The maximum Gasteiger partial charge on any atom is 0.321 e. The number of hydrogen-bond acceptors (Lipinski definition) is 5. The number of rotatable bonds is 5. The second kappa shape index (κ2) is 6.48. The van der Waals surface area contributed by atoms with Gasteiger partial charge in [-0.2, -0.15) is 5.26 Å². The maximum atomic E-state index is 11.3. The molecular weight excluding hydrogens is 224 g/mol. The third-order valence-electron chi connectivity index (χ3n) is 2.08. The predicted octanol–water partition coefficient (Wildman–Crippen LogP) is 0.138. The van der Waals surface area contributed by atoms with E-state index in [1.54, 1.807) is 13.0 Å². The summed E-state index contributed by atoms with van der Waals surface area (Å²) >= 11 is 0. The Morgan fingerprint density at radius 2 is 2.24 bits per heavy atom. The summed E-state index contributed by atoms with van der Waals surface area (Å²) in [5.41, 5.74) is -0.478. The number of nitriles is 1. The third kappa shape index (κ3) is 4.97. The van der Waals surface area contributed by atoms with E-state index in [4.69, 9.17) is 5.26 Å². The Labute approximate surface area is 98.8 Å². The molecule has 3 amide bonds. The third-order valence-corrected chi connectivity index (χ3v) is 2.08. The van der Waals surface area contributed by atoms with Gasteiger partial charge in [-0.05, 0) is 25.7 Å². The Bertz CT molecular complexity index is 368. The number of hydrogen-bond donors (Lipinski definition) is 2. The molecule has 1 fully saturated rings. The largest absolute Gasteiger partial charge is 0.395 e. The van der Waals surface area contributed by atoms with E-state index in [1.807, 2.05) is 5.32 Å². The standard InChI is InChI=1S/C10H14N4O3/c1-2-17-14-8(5-11)9(15)13-10(16)12-6-7-3-4-7/h7H,2-4,6H2,1H3,(H2,12,13,15,16). The van der Waals surface area contributed by atoms with Crippen molar-refractivity contribution in [2.45, 2.75) is 19.8 Å². The predicted molar refractivity (Wildman–Crippen MR) is 58.9 cm³/mol. The van der Waals surface area contributed by atoms with Gasteiger partial charge in [-0.15, -0.1) is 0 Å². The summed E-state index contributed by atoms with van der Waals surface area (Å²) in [5.74, 6) is -0.349. The van der Waals surface area contributed by atoms with Gasteiger partial charge in [-0.3, -0.25) is 10.1 Å². The minimum atomic E-state index is -0.866. The lowest BCUT2D eigenvalue weighted by atomic mass is 10.4. The lowest BCUT2D eigenvalue weighted by molar-refractivity contribution is -0.113. The van der Waals surface area contributed by atoms with Gasteiger partial charge in [0.05, 0.1) is 0 Å². The first-order chi connectivity index (χ1) is 8.17. The fraction of sp³-hybridized carbons (Fsp3) is 0.600. The molecule has 1 aliphatic rings. The number of urea groups is 1. The lowest BCUT2D eigenvalue weighted by Gasteiger charge is -2.04. The molecular formula is C10H14N4O3. The molecule has 7 nitrogen and oxygen atoms in total. The molecule has 1 rings (SSSR count). The van der Waals surface area contributed by atoms with Crippen LogP contribution in [0.15, 0.2) is 5.16 Å². The van der Waals surface area contributed by atoms with Crippen LogP contribution in [-0.4, -0.2) is 30.8 Å². The number of carbonyl (C=O) groups excluding carboxylic acids is 2. The molecule has 1 aliphatic carbocycles. The second-order valence-corrected chi connectivity index (χ2v) is 3.58. The van der Waals surface area contributed by atoms with E-state index in [-0.39, 0.29) is 6.61 Å². The Balaban J connectivity index is 2.34. The number of carbonyl (C=O) groups is 2. The summed E-state index contributed by atoms with van der Waals surface area (Å²) in [6.45, 7) is 2.45. The van der Waals surface area contributed by atoms with Gasteiger partial charge in [0.15, 0.2) is 0 Å². The summed E-state index contributed by atoms with van der Waals surface area (Å²) in [7, 11) is 0. The monoisotopic (exact) mass is 238 g/mol. The molecule has 0 aromatic rings. The Morgan fingerprint density at radius 3 is 2.76 bits per heavy atom. The van der Waals surface area contributed by atoms with Crippen molar-refractivity contribution in [3.8, 4) is 6.07 Å². The number of nitrogens with zero attached hydrogens (tertiary/aromatic N) is 2. The Hall–Kier alpha value is -2.10. The van der Waals surface area contributed by atoms with E-state index >= 15 is 0 Å². The van der Waals surface area contributed by atoms with Gasteiger partial charge in [0, 0.05) is 6.54 Å². The highest BCUT2D eigenvalue weighted by atomic mass is 16.6. The number of amides is 3. The van der Waals surface area contributed by atoms with E-state index in [1.165, 1.54) is 0 Å². The minimum absolute atomic E-state index is 0.242. The van der Waals surface area contributed by atoms with Gasteiger partial charge in [0.1, 0.15) is 12.7 Å². The van der Waals surface area contributed by atoms with E-state index in [2.05, 4.69) is 15.3 Å². The van der Waals surface area contributed by atoms with Gasteiger partial charge in [0.2, 0.25) is 5.71 Å². The van der Waals surface area contributed by atoms with Crippen LogP contribution in [0.1, 0.15) is 19.8 Å². The summed E-state index contributed by atoms with van der Waals surface area (Å²) in [4.78, 5) is 27.1. The van der Waals surface area contributed by atoms with Crippen molar-refractivity contribution in [1.29, 1.82) is 5.26 Å². The summed E-state index contributed by atoms with van der Waals surface area (Å²) in [5, 5.41) is 16.4. The molecule has 0 aromatic heterocycles. The van der Waals surface area contributed by atoms with Crippen LogP contribution in [0.3, 0.4) is 0 Å². The molecule has 0 bridgehead atoms. The van der Waals surface area contributed by atoms with Crippen LogP contribution in [0.5, 0.6) is 0 Å². The van der Waals surface area contributed by atoms with Crippen LogP contribution in [0.4, 0.5) is 4.79 Å². The van der Waals surface area contributed by atoms with Crippen molar-refractivity contribution >= 4 is 17.6 Å². The number of imide groups is 1. The molecule has 92 valence electrons. The Morgan fingerprint density at radius 1 is 1.53 bits per heavy atom. The van der Waals surface area contributed by atoms with Crippen LogP contribution in [-0.2, 0) is 9.63 Å². The molecule has 0 saturated heterocycles. The quantitative estimate of drug-likeness (QED) is 0.525. The van der Waals surface area contributed by atoms with E-state index in [0.717, 1.165) is 12.8 Å². The highest BCUT2D eigenvalue weighted by molar-refractivity contribution is 6.46. The van der Waals surface area contributed by atoms with E-state index in [0.29, 0.717) is 12.5 Å². The zero-order chi connectivity index (χ0) is 12.7. The molecule has 0 aromatic carbocycles. The van der Waals surface area contributed by atoms with Gasteiger partial charge in [-0.25, -0.2) is 4.79 Å². The smallest absolute Gasteiger partial charge is 0.321 e. The van der Waals surface area contributed by atoms with Crippen LogP contribution >= 0.6 is 0 Å². The molecule has 1 saturated carbocycles. The van der Waals surface area contributed by atoms with E-state index in [9.17, 15) is 9.59 Å². The average Bonchev–Trinajstić information content (AvgIpc) is 3.11. The first kappa shape index (κ1) is 13.0.